The van der Waals surface area contributed by atoms with Gasteiger partial charge in [0.05, 0.1) is 7.11 Å². The zero-order chi connectivity index (χ0) is 12.3. The normalized spacial score (nSPS) is 19.9. The van der Waals surface area contributed by atoms with Crippen molar-refractivity contribution in [2.24, 2.45) is 0 Å². The predicted octanol–water partition coefficient (Wildman–Crippen LogP) is 1.80. The molecule has 0 bridgehead atoms. The summed E-state index contributed by atoms with van der Waals surface area (Å²) in [5.41, 5.74) is 2.57. The van der Waals surface area contributed by atoms with Crippen molar-refractivity contribution < 1.29 is 4.74 Å². The smallest absolute Gasteiger partial charge is 0.121 e. The van der Waals surface area contributed by atoms with Gasteiger partial charge in [-0.3, -0.25) is 4.90 Å². The van der Waals surface area contributed by atoms with Crippen LogP contribution in [0.2, 0.25) is 0 Å². The second-order valence-electron chi connectivity index (χ2n) is 4.87. The van der Waals surface area contributed by atoms with E-state index >= 15 is 0 Å². The minimum Gasteiger partial charge on any atom is -0.496 e. The Bertz CT molecular complexity index is 372. The van der Waals surface area contributed by atoms with E-state index in [-0.39, 0.29) is 0 Å². The molecule has 17 heavy (non-hydrogen) atoms. The van der Waals surface area contributed by atoms with Gasteiger partial charge in [0.15, 0.2) is 0 Å². The quantitative estimate of drug-likeness (QED) is 0.859. The summed E-state index contributed by atoms with van der Waals surface area (Å²) < 4.78 is 5.28. The number of methoxy groups -OCH3 is 1. The second kappa shape index (κ2) is 5.52. The minimum atomic E-state index is 0.678. The molecule has 0 amide bonds. The van der Waals surface area contributed by atoms with Gasteiger partial charge in [-0.25, -0.2) is 0 Å². The van der Waals surface area contributed by atoms with Gasteiger partial charge in [0.1, 0.15) is 5.75 Å². The Balaban J connectivity index is 2.00. The summed E-state index contributed by atoms with van der Waals surface area (Å²) >= 11 is 0. The fraction of sp³-hybridized carbons (Fsp3) is 0.571. The maximum Gasteiger partial charge on any atom is 0.121 e. The fourth-order valence-corrected chi connectivity index (χ4v) is 2.47. The summed E-state index contributed by atoms with van der Waals surface area (Å²) in [6, 6.07) is 7.12. The van der Waals surface area contributed by atoms with Crippen LogP contribution in [0.25, 0.3) is 0 Å². The van der Waals surface area contributed by atoms with Gasteiger partial charge in [0.25, 0.3) is 0 Å². The van der Waals surface area contributed by atoms with Gasteiger partial charge in [-0.2, -0.15) is 0 Å². The highest BCUT2D eigenvalue weighted by atomic mass is 16.5. The molecule has 1 heterocycles. The van der Waals surface area contributed by atoms with E-state index in [2.05, 4.69) is 42.4 Å². The molecule has 1 aromatic rings. The molecule has 1 aliphatic rings. The van der Waals surface area contributed by atoms with E-state index in [4.69, 9.17) is 4.74 Å². The molecule has 1 atom stereocenters. The van der Waals surface area contributed by atoms with Crippen LogP contribution in [0.5, 0.6) is 5.75 Å². The average molecular weight is 234 g/mol. The molecule has 1 saturated heterocycles. The first-order valence-electron chi connectivity index (χ1n) is 6.25. The standard InChI is InChI=1S/C14H22N2O/c1-11-8-12(4-5-14(11)17-3)10-16(2)13-6-7-15-9-13/h4-5,8,13,15H,6-7,9-10H2,1-3H3. The number of nitrogens with one attached hydrogen (secondary N) is 1. The van der Waals surface area contributed by atoms with Gasteiger partial charge in [-0.1, -0.05) is 12.1 Å². The van der Waals surface area contributed by atoms with E-state index in [1.165, 1.54) is 17.5 Å². The Labute approximate surface area is 104 Å². The van der Waals surface area contributed by atoms with Crippen molar-refractivity contribution >= 4 is 0 Å². The number of hydrogen-bond acceptors (Lipinski definition) is 3. The monoisotopic (exact) mass is 234 g/mol. The highest BCUT2D eigenvalue weighted by Crippen LogP contribution is 2.20. The average Bonchev–Trinajstić information content (AvgIpc) is 2.82. The van der Waals surface area contributed by atoms with Gasteiger partial charge in [0, 0.05) is 19.1 Å². The lowest BCUT2D eigenvalue weighted by molar-refractivity contribution is 0.249. The lowest BCUT2D eigenvalue weighted by Crippen LogP contribution is -2.32. The van der Waals surface area contributed by atoms with Crippen LogP contribution in [-0.4, -0.2) is 38.2 Å². The van der Waals surface area contributed by atoms with Crippen molar-refractivity contribution in [3.63, 3.8) is 0 Å². The van der Waals surface area contributed by atoms with Crippen molar-refractivity contribution in [1.82, 2.24) is 10.2 Å². The number of benzene rings is 1. The van der Waals surface area contributed by atoms with Gasteiger partial charge < -0.3 is 10.1 Å². The molecule has 3 nitrogen and oxygen atoms in total. The highest BCUT2D eigenvalue weighted by molar-refractivity contribution is 5.36. The first kappa shape index (κ1) is 12.4. The van der Waals surface area contributed by atoms with Gasteiger partial charge in [-0.15, -0.1) is 0 Å². The van der Waals surface area contributed by atoms with Crippen molar-refractivity contribution in [2.45, 2.75) is 25.9 Å². The first-order chi connectivity index (χ1) is 8.20. The van der Waals surface area contributed by atoms with E-state index in [9.17, 15) is 0 Å². The van der Waals surface area contributed by atoms with Crippen LogP contribution in [0.15, 0.2) is 18.2 Å². The van der Waals surface area contributed by atoms with Crippen molar-refractivity contribution in [1.29, 1.82) is 0 Å². The number of rotatable bonds is 4. The zero-order valence-electron chi connectivity index (χ0n) is 11.0. The molecule has 1 aromatic carbocycles. The predicted molar refractivity (Wildman–Crippen MR) is 70.5 cm³/mol. The molecule has 0 radical (unpaired) electrons. The maximum atomic E-state index is 5.28. The fourth-order valence-electron chi connectivity index (χ4n) is 2.47. The molecule has 94 valence electrons. The number of hydrogen-bond donors (Lipinski definition) is 1. The van der Waals surface area contributed by atoms with Crippen LogP contribution < -0.4 is 10.1 Å². The molecule has 0 aliphatic carbocycles. The largest absolute Gasteiger partial charge is 0.496 e. The zero-order valence-corrected chi connectivity index (χ0v) is 11.0. The van der Waals surface area contributed by atoms with Gasteiger partial charge in [0.2, 0.25) is 0 Å². The van der Waals surface area contributed by atoms with Crippen LogP contribution >= 0.6 is 0 Å². The minimum absolute atomic E-state index is 0.678. The van der Waals surface area contributed by atoms with E-state index in [0.29, 0.717) is 6.04 Å². The number of nitrogens with zero attached hydrogens (tertiary/aromatic N) is 1. The van der Waals surface area contributed by atoms with Crippen LogP contribution in [0, 0.1) is 6.92 Å². The SMILES string of the molecule is COc1ccc(CN(C)C2CCNC2)cc1C. The third-order valence-electron chi connectivity index (χ3n) is 3.55. The molecule has 0 aromatic heterocycles. The summed E-state index contributed by atoms with van der Waals surface area (Å²) in [6.45, 7) is 5.37. The Morgan fingerprint density at radius 2 is 2.29 bits per heavy atom. The molecule has 0 saturated carbocycles. The Kier molecular flexibility index (Phi) is 4.02. The van der Waals surface area contributed by atoms with Crippen LogP contribution in [0.1, 0.15) is 17.5 Å². The number of ether oxygens (including phenoxy) is 1. The second-order valence-corrected chi connectivity index (χ2v) is 4.87. The van der Waals surface area contributed by atoms with Crippen LogP contribution in [0.4, 0.5) is 0 Å². The Morgan fingerprint density at radius 1 is 1.47 bits per heavy atom. The third-order valence-corrected chi connectivity index (χ3v) is 3.55. The molecule has 1 N–H and O–H groups in total. The lowest BCUT2D eigenvalue weighted by Gasteiger charge is -2.23. The van der Waals surface area contributed by atoms with Crippen molar-refractivity contribution in [3.8, 4) is 5.75 Å². The summed E-state index contributed by atoms with van der Waals surface area (Å²) in [7, 11) is 3.93. The highest BCUT2D eigenvalue weighted by Gasteiger charge is 2.19. The Hall–Kier alpha value is -1.06. The first-order valence-corrected chi connectivity index (χ1v) is 6.25. The van der Waals surface area contributed by atoms with E-state index in [1.807, 2.05) is 0 Å². The molecule has 1 fully saturated rings. The lowest BCUT2D eigenvalue weighted by atomic mass is 10.1. The van der Waals surface area contributed by atoms with Gasteiger partial charge >= 0.3 is 0 Å². The summed E-state index contributed by atoms with van der Waals surface area (Å²) in [6.07, 6.45) is 1.26. The topological polar surface area (TPSA) is 24.5 Å². The summed E-state index contributed by atoms with van der Waals surface area (Å²) in [5.74, 6) is 0.971. The molecular weight excluding hydrogens is 212 g/mol. The van der Waals surface area contributed by atoms with Crippen LogP contribution in [-0.2, 0) is 6.54 Å². The number of likely N-dealkylation sites (N-methyl/N-ethyl adjacent to an activating group) is 1. The van der Waals surface area contributed by atoms with Crippen LogP contribution in [0.3, 0.4) is 0 Å². The van der Waals surface area contributed by atoms with Gasteiger partial charge in [-0.05, 0) is 44.1 Å². The summed E-state index contributed by atoms with van der Waals surface area (Å²) in [5, 5.41) is 3.41. The van der Waals surface area contributed by atoms with E-state index in [1.54, 1.807) is 7.11 Å². The molecule has 0 spiro atoms. The molecule has 1 aliphatic heterocycles. The maximum absolute atomic E-state index is 5.28. The molecule has 1 unspecified atom stereocenters. The molecular formula is C14H22N2O. The molecule has 2 rings (SSSR count). The Morgan fingerprint density at radius 3 is 2.88 bits per heavy atom. The third kappa shape index (κ3) is 2.99. The number of aryl methyl sites for hydroxylation is 1. The summed E-state index contributed by atoms with van der Waals surface area (Å²) in [4.78, 5) is 2.43. The van der Waals surface area contributed by atoms with E-state index in [0.717, 1.165) is 25.4 Å². The molecule has 3 heteroatoms. The van der Waals surface area contributed by atoms with E-state index < -0.39 is 0 Å². The van der Waals surface area contributed by atoms with Crippen molar-refractivity contribution in [2.75, 3.05) is 27.2 Å². The van der Waals surface area contributed by atoms with Crippen molar-refractivity contribution in [3.05, 3.63) is 29.3 Å².